The van der Waals surface area contributed by atoms with Crippen molar-refractivity contribution in [1.82, 2.24) is 0 Å². The number of fused-ring (bicyclic) bond motifs is 2. The highest BCUT2D eigenvalue weighted by molar-refractivity contribution is 6.33. The molecule has 0 fully saturated rings. The average Bonchev–Trinajstić information content (AvgIpc) is 3.06. The summed E-state index contributed by atoms with van der Waals surface area (Å²) in [6, 6.07) is 22.3. The monoisotopic (exact) mass is 551 g/mol. The molecule has 5 rings (SSSR count). The Kier molecular flexibility index (Phi) is 6.21. The number of pyridine rings is 1. The van der Waals surface area contributed by atoms with E-state index in [1.807, 2.05) is 47.3 Å². The molecule has 0 N–H and O–H groups in total. The Morgan fingerprint density at radius 3 is 2.00 bits per heavy atom. The van der Waals surface area contributed by atoms with Gasteiger partial charge in [0.2, 0.25) is 0 Å². The number of nitrogens with zero attached hydrogens (tertiary/aromatic N) is 1. The van der Waals surface area contributed by atoms with Crippen LogP contribution in [0.2, 0.25) is 0 Å². The van der Waals surface area contributed by atoms with Gasteiger partial charge in [0.05, 0.1) is 14.2 Å². The van der Waals surface area contributed by atoms with Crippen molar-refractivity contribution in [3.05, 3.63) is 102 Å². The van der Waals surface area contributed by atoms with Crippen molar-refractivity contribution in [3.8, 4) is 11.5 Å². The number of methoxy groups -OCH3 is 2. The zero-order chi connectivity index (χ0) is 22.3. The molecular weight excluding hydrogens is 529 g/mol. The van der Waals surface area contributed by atoms with E-state index < -0.39 is 5.41 Å². The maximum Gasteiger partial charge on any atom is 0.188 e. The van der Waals surface area contributed by atoms with Crippen LogP contribution in [0.3, 0.4) is 0 Å². The Morgan fingerprint density at radius 2 is 1.36 bits per heavy atom. The van der Waals surface area contributed by atoms with E-state index >= 15 is 0 Å². The first-order valence-corrected chi connectivity index (χ1v) is 10.4. The summed E-state index contributed by atoms with van der Waals surface area (Å²) in [5.41, 5.74) is 0.0976. The lowest BCUT2D eigenvalue weighted by Crippen LogP contribution is -3.00. The molecule has 1 aliphatic rings. The number of ketones is 2. The van der Waals surface area contributed by atoms with Gasteiger partial charge in [-0.15, -0.1) is 0 Å². The number of ether oxygens (including phenoxy) is 2. The predicted octanol–water partition coefficient (Wildman–Crippen LogP) is 1.17. The van der Waals surface area contributed by atoms with Crippen LogP contribution in [0.5, 0.6) is 11.5 Å². The van der Waals surface area contributed by atoms with Crippen molar-refractivity contribution in [1.29, 1.82) is 0 Å². The van der Waals surface area contributed by atoms with Gasteiger partial charge >= 0.3 is 0 Å². The smallest absolute Gasteiger partial charge is 0.188 e. The van der Waals surface area contributed by atoms with Crippen LogP contribution in [0.25, 0.3) is 10.8 Å². The van der Waals surface area contributed by atoms with Crippen molar-refractivity contribution in [3.63, 3.8) is 0 Å². The van der Waals surface area contributed by atoms with Crippen molar-refractivity contribution in [2.75, 3.05) is 14.2 Å². The second kappa shape index (κ2) is 8.94. The van der Waals surface area contributed by atoms with Gasteiger partial charge in [0, 0.05) is 22.6 Å². The maximum atomic E-state index is 13.8. The third kappa shape index (κ3) is 3.58. The molecule has 1 heterocycles. The van der Waals surface area contributed by atoms with Crippen molar-refractivity contribution in [2.24, 2.45) is 0 Å². The van der Waals surface area contributed by atoms with Gasteiger partial charge in [-0.05, 0) is 29.1 Å². The minimum Gasteiger partial charge on any atom is -1.00 e. The molecule has 0 unspecified atom stereocenters. The fraction of sp³-hybridized carbons (Fsp3) is 0.148. The number of carbonyl (C=O) groups is 2. The summed E-state index contributed by atoms with van der Waals surface area (Å²) in [6.45, 7) is 0.180. The number of carbonyl (C=O) groups excluding carboxylic acids is 2. The van der Waals surface area contributed by atoms with Crippen LogP contribution in [-0.2, 0) is 12.0 Å². The highest BCUT2D eigenvalue weighted by atomic mass is 127. The molecule has 166 valence electrons. The molecule has 3 aromatic carbocycles. The van der Waals surface area contributed by atoms with E-state index in [0.29, 0.717) is 28.2 Å². The summed E-state index contributed by atoms with van der Waals surface area (Å²) in [5.74, 6) is 0.613. The van der Waals surface area contributed by atoms with E-state index in [9.17, 15) is 9.59 Å². The molecule has 0 atom stereocenters. The first kappa shape index (κ1) is 22.9. The van der Waals surface area contributed by atoms with E-state index in [1.165, 1.54) is 0 Å². The zero-order valence-corrected chi connectivity index (χ0v) is 20.4. The number of halogens is 1. The molecule has 0 bridgehead atoms. The van der Waals surface area contributed by atoms with Gasteiger partial charge in [-0.3, -0.25) is 9.59 Å². The molecule has 1 aromatic heterocycles. The van der Waals surface area contributed by atoms with E-state index in [1.54, 1.807) is 56.7 Å². The van der Waals surface area contributed by atoms with Crippen LogP contribution in [0.15, 0.2) is 85.2 Å². The number of benzene rings is 3. The Labute approximate surface area is 209 Å². The number of aromatic nitrogens is 1. The minimum absolute atomic E-state index is 0. The molecule has 0 saturated heterocycles. The molecule has 33 heavy (non-hydrogen) atoms. The second-order valence-electron chi connectivity index (χ2n) is 7.93. The Balaban J connectivity index is 0.00000259. The molecule has 0 aliphatic heterocycles. The Bertz CT molecular complexity index is 1350. The molecule has 0 saturated carbocycles. The molecule has 0 spiro atoms. The van der Waals surface area contributed by atoms with E-state index in [0.717, 1.165) is 10.8 Å². The first-order chi connectivity index (χ1) is 15.6. The predicted molar refractivity (Wildman–Crippen MR) is 120 cm³/mol. The van der Waals surface area contributed by atoms with Crippen LogP contribution < -0.4 is 38.0 Å². The van der Waals surface area contributed by atoms with Crippen LogP contribution in [0.1, 0.15) is 26.3 Å². The van der Waals surface area contributed by atoms with Gasteiger partial charge < -0.3 is 33.5 Å². The van der Waals surface area contributed by atoms with Crippen molar-refractivity contribution >= 4 is 22.3 Å². The second-order valence-corrected chi connectivity index (χ2v) is 7.93. The van der Waals surface area contributed by atoms with Gasteiger partial charge in [0.25, 0.3) is 0 Å². The van der Waals surface area contributed by atoms with Gasteiger partial charge in [0.15, 0.2) is 47.4 Å². The van der Waals surface area contributed by atoms with Gasteiger partial charge in [-0.1, -0.05) is 48.5 Å². The van der Waals surface area contributed by atoms with Crippen molar-refractivity contribution in [2.45, 2.75) is 12.0 Å². The highest BCUT2D eigenvalue weighted by Gasteiger charge is 2.57. The number of hydrogen-bond donors (Lipinski definition) is 0. The molecule has 4 aromatic rings. The van der Waals surface area contributed by atoms with Crippen LogP contribution in [-0.4, -0.2) is 25.8 Å². The molecule has 6 heteroatoms. The largest absolute Gasteiger partial charge is 1.00 e. The molecule has 0 amide bonds. The quantitative estimate of drug-likeness (QED) is 0.213. The Hall–Kier alpha value is -3.26. The number of Topliss-reactive ketones (excluding diaryl/α,β-unsaturated/α-hetero) is 2. The first-order valence-electron chi connectivity index (χ1n) is 10.4. The summed E-state index contributed by atoms with van der Waals surface area (Å²) in [4.78, 5) is 27.7. The van der Waals surface area contributed by atoms with E-state index in [4.69, 9.17) is 9.47 Å². The van der Waals surface area contributed by atoms with Gasteiger partial charge in [0.1, 0.15) is 0 Å². The topological polar surface area (TPSA) is 56.5 Å². The van der Waals surface area contributed by atoms with Gasteiger partial charge in [-0.25, -0.2) is 4.57 Å². The van der Waals surface area contributed by atoms with Crippen LogP contribution in [0.4, 0.5) is 0 Å². The standard InChI is InChI=1S/C27H22NO4.HI/c1-31-23-12-11-20(15-24(23)32-2)27(25(29)21-9-5-6-10-22(21)26(27)30)17-28-14-13-18-7-3-4-8-19(18)16-28;/h3-16H,17H2,1-2H3;1H/q+1;/p-1. The Morgan fingerprint density at radius 1 is 0.758 bits per heavy atom. The minimum atomic E-state index is -1.39. The molecule has 1 aliphatic carbocycles. The lowest BCUT2D eigenvalue weighted by molar-refractivity contribution is -0.699. The average molecular weight is 551 g/mol. The van der Waals surface area contributed by atoms with Gasteiger partial charge in [-0.2, -0.15) is 0 Å². The third-order valence-corrected chi connectivity index (χ3v) is 6.23. The maximum absolute atomic E-state index is 13.8. The van der Waals surface area contributed by atoms with Crippen molar-refractivity contribution < 1.29 is 47.6 Å². The molecular formula is C27H22INO4. The molecule has 0 radical (unpaired) electrons. The summed E-state index contributed by atoms with van der Waals surface area (Å²) in [7, 11) is 3.10. The normalized spacial score (nSPS) is 14.0. The third-order valence-electron chi connectivity index (χ3n) is 6.23. The summed E-state index contributed by atoms with van der Waals surface area (Å²) in [6.07, 6.45) is 3.88. The number of hydrogen-bond acceptors (Lipinski definition) is 4. The number of rotatable bonds is 5. The summed E-state index contributed by atoms with van der Waals surface area (Å²) < 4.78 is 12.8. The zero-order valence-electron chi connectivity index (χ0n) is 18.2. The summed E-state index contributed by atoms with van der Waals surface area (Å²) >= 11 is 0. The highest BCUT2D eigenvalue weighted by Crippen LogP contribution is 2.42. The lowest BCUT2D eigenvalue weighted by Gasteiger charge is -2.24. The van der Waals surface area contributed by atoms with Crippen LogP contribution in [0, 0.1) is 0 Å². The lowest BCUT2D eigenvalue weighted by atomic mass is 9.75. The van der Waals surface area contributed by atoms with Crippen LogP contribution >= 0.6 is 0 Å². The summed E-state index contributed by atoms with van der Waals surface area (Å²) in [5, 5.41) is 2.13. The fourth-order valence-electron chi connectivity index (χ4n) is 4.59. The molecule has 5 nitrogen and oxygen atoms in total. The van der Waals surface area contributed by atoms with E-state index in [2.05, 4.69) is 0 Å². The van der Waals surface area contributed by atoms with E-state index in [-0.39, 0.29) is 42.1 Å². The SMILES string of the molecule is COc1ccc(C2(C[n+]3ccc4ccccc4c3)C(=O)c3ccccc3C2=O)cc1OC.[I-]. The fourth-order valence-corrected chi connectivity index (χ4v) is 4.59.